The average molecular weight is 318 g/mol. The molecule has 0 aliphatic rings. The smallest absolute Gasteiger partial charge is 0.184 e. The molecule has 0 radical (unpaired) electrons. The number of aryl methyl sites for hydroxylation is 1. The number of ketones is 1. The maximum Gasteiger partial charge on any atom is 0.184 e. The van der Waals surface area contributed by atoms with Crippen LogP contribution in [-0.2, 0) is 6.54 Å². The molecule has 0 fully saturated rings. The number of carbonyl (C=O) groups excluding carboxylic acids is 1. The summed E-state index contributed by atoms with van der Waals surface area (Å²) in [5.41, 5.74) is 2.65. The number of Topliss-reactive ketones (excluding diaryl/α,β-unsaturated/α-hetero) is 1. The minimum atomic E-state index is -0.0525. The Kier molecular flexibility index (Phi) is 3.75. The van der Waals surface area contributed by atoms with Crippen molar-refractivity contribution < 1.29 is 4.79 Å². The molecule has 2 nitrogen and oxygen atoms in total. The minimum Gasteiger partial charge on any atom is -0.339 e. The highest BCUT2D eigenvalue weighted by molar-refractivity contribution is 6.35. The van der Waals surface area contributed by atoms with Gasteiger partial charge in [-0.25, -0.2) is 0 Å². The maximum atomic E-state index is 12.5. The van der Waals surface area contributed by atoms with Gasteiger partial charge in [0.1, 0.15) is 0 Å². The van der Waals surface area contributed by atoms with E-state index in [-0.39, 0.29) is 12.3 Å². The highest BCUT2D eigenvalue weighted by Gasteiger charge is 2.13. The second kappa shape index (κ2) is 5.55. The van der Waals surface area contributed by atoms with Crippen molar-refractivity contribution in [2.45, 2.75) is 13.5 Å². The van der Waals surface area contributed by atoms with Crippen molar-refractivity contribution in [1.82, 2.24) is 4.57 Å². The van der Waals surface area contributed by atoms with Crippen molar-refractivity contribution in [1.29, 1.82) is 0 Å². The molecule has 0 unspecified atom stereocenters. The lowest BCUT2D eigenvalue weighted by atomic mass is 10.1. The van der Waals surface area contributed by atoms with Gasteiger partial charge in [0.15, 0.2) is 5.78 Å². The van der Waals surface area contributed by atoms with Gasteiger partial charge in [-0.15, -0.1) is 0 Å². The summed E-state index contributed by atoms with van der Waals surface area (Å²) in [4.78, 5) is 12.5. The summed E-state index contributed by atoms with van der Waals surface area (Å²) in [7, 11) is 0. The van der Waals surface area contributed by atoms with Gasteiger partial charge in [0.25, 0.3) is 0 Å². The van der Waals surface area contributed by atoms with Gasteiger partial charge in [-0.3, -0.25) is 4.79 Å². The summed E-state index contributed by atoms with van der Waals surface area (Å²) in [5, 5.41) is 2.09. The van der Waals surface area contributed by atoms with E-state index in [1.165, 1.54) is 0 Å². The standard InChI is InChI=1S/C17H13Cl2NO/c1-11-9-20(16-5-3-2-4-13(11)16)10-17(21)14-8-12(18)6-7-15(14)19/h2-9H,10H2,1H3. The van der Waals surface area contributed by atoms with E-state index in [2.05, 4.69) is 6.07 Å². The highest BCUT2D eigenvalue weighted by Crippen LogP contribution is 2.24. The lowest BCUT2D eigenvalue weighted by Gasteiger charge is -2.07. The van der Waals surface area contributed by atoms with Crippen LogP contribution in [0.3, 0.4) is 0 Å². The van der Waals surface area contributed by atoms with Crippen LogP contribution < -0.4 is 0 Å². The Bertz CT molecular complexity index is 836. The summed E-state index contributed by atoms with van der Waals surface area (Å²) in [6.07, 6.45) is 1.99. The fourth-order valence-electron chi connectivity index (χ4n) is 2.51. The van der Waals surface area contributed by atoms with Crippen molar-refractivity contribution >= 4 is 39.9 Å². The van der Waals surface area contributed by atoms with Crippen LogP contribution in [0.2, 0.25) is 10.0 Å². The van der Waals surface area contributed by atoms with Crippen LogP contribution in [0.4, 0.5) is 0 Å². The minimum absolute atomic E-state index is 0.0525. The van der Waals surface area contributed by atoms with Crippen molar-refractivity contribution in [3.63, 3.8) is 0 Å². The topological polar surface area (TPSA) is 22.0 Å². The van der Waals surface area contributed by atoms with E-state index in [4.69, 9.17) is 23.2 Å². The fraction of sp³-hybridized carbons (Fsp3) is 0.118. The van der Waals surface area contributed by atoms with Gasteiger partial charge < -0.3 is 4.57 Å². The molecule has 2 aromatic carbocycles. The van der Waals surface area contributed by atoms with Crippen LogP contribution in [0.1, 0.15) is 15.9 Å². The summed E-state index contributed by atoms with van der Waals surface area (Å²) in [6.45, 7) is 2.28. The number of rotatable bonds is 3. The molecule has 0 saturated heterocycles. The summed E-state index contributed by atoms with van der Waals surface area (Å²) in [5.74, 6) is -0.0525. The first-order chi connectivity index (χ1) is 10.1. The molecule has 0 amide bonds. The predicted octanol–water partition coefficient (Wildman–Crippen LogP) is 5.14. The second-order valence-electron chi connectivity index (χ2n) is 5.00. The zero-order chi connectivity index (χ0) is 15.0. The third-order valence-corrected chi connectivity index (χ3v) is 4.10. The first-order valence-corrected chi connectivity index (χ1v) is 7.34. The van der Waals surface area contributed by atoms with E-state index < -0.39 is 0 Å². The Morgan fingerprint density at radius 1 is 1.14 bits per heavy atom. The van der Waals surface area contributed by atoms with Crippen molar-refractivity contribution in [2.24, 2.45) is 0 Å². The number of aromatic nitrogens is 1. The van der Waals surface area contributed by atoms with Gasteiger partial charge in [-0.1, -0.05) is 41.4 Å². The number of fused-ring (bicyclic) bond motifs is 1. The zero-order valence-corrected chi connectivity index (χ0v) is 12.9. The molecular weight excluding hydrogens is 305 g/mol. The Morgan fingerprint density at radius 3 is 2.71 bits per heavy atom. The summed E-state index contributed by atoms with van der Waals surface area (Å²) < 4.78 is 1.95. The van der Waals surface area contributed by atoms with Crippen LogP contribution in [0.5, 0.6) is 0 Å². The SMILES string of the molecule is Cc1cn(CC(=O)c2cc(Cl)ccc2Cl)c2ccccc12. The first-order valence-electron chi connectivity index (χ1n) is 6.59. The maximum absolute atomic E-state index is 12.5. The quantitative estimate of drug-likeness (QED) is 0.613. The van der Waals surface area contributed by atoms with Crippen LogP contribution in [0, 0.1) is 6.92 Å². The van der Waals surface area contributed by atoms with Crippen molar-refractivity contribution in [2.75, 3.05) is 0 Å². The molecule has 1 aromatic heterocycles. The highest BCUT2D eigenvalue weighted by atomic mass is 35.5. The monoisotopic (exact) mass is 317 g/mol. The molecule has 0 spiro atoms. The normalized spacial score (nSPS) is 11.0. The molecule has 0 saturated carbocycles. The largest absolute Gasteiger partial charge is 0.339 e. The van der Waals surface area contributed by atoms with E-state index in [1.807, 2.05) is 35.9 Å². The van der Waals surface area contributed by atoms with Gasteiger partial charge in [-0.05, 0) is 36.8 Å². The van der Waals surface area contributed by atoms with Crippen molar-refractivity contribution in [3.05, 3.63) is 69.8 Å². The molecule has 3 aromatic rings. The first kappa shape index (κ1) is 14.2. The Balaban J connectivity index is 1.99. The van der Waals surface area contributed by atoms with E-state index in [0.29, 0.717) is 15.6 Å². The molecule has 1 heterocycles. The van der Waals surface area contributed by atoms with Crippen LogP contribution in [0.25, 0.3) is 10.9 Å². The molecule has 4 heteroatoms. The van der Waals surface area contributed by atoms with Crippen molar-refractivity contribution in [3.8, 4) is 0 Å². The van der Waals surface area contributed by atoms with Crippen LogP contribution >= 0.6 is 23.2 Å². The molecular formula is C17H13Cl2NO. The van der Waals surface area contributed by atoms with Crippen LogP contribution in [-0.4, -0.2) is 10.4 Å². The number of para-hydroxylation sites is 1. The van der Waals surface area contributed by atoms with Gasteiger partial charge in [0.2, 0.25) is 0 Å². The number of halogens is 2. The fourth-order valence-corrected chi connectivity index (χ4v) is 2.91. The summed E-state index contributed by atoms with van der Waals surface area (Å²) in [6, 6.07) is 13.0. The third kappa shape index (κ3) is 2.69. The number of hydrogen-bond donors (Lipinski definition) is 0. The predicted molar refractivity (Wildman–Crippen MR) is 87.5 cm³/mol. The lowest BCUT2D eigenvalue weighted by Crippen LogP contribution is -2.10. The van der Waals surface area contributed by atoms with Gasteiger partial charge in [0, 0.05) is 27.7 Å². The van der Waals surface area contributed by atoms with E-state index in [0.717, 1.165) is 16.5 Å². The molecule has 3 rings (SSSR count). The zero-order valence-electron chi connectivity index (χ0n) is 11.4. The van der Waals surface area contributed by atoms with Gasteiger partial charge in [0.05, 0.1) is 11.6 Å². The molecule has 0 N–H and O–H groups in total. The van der Waals surface area contributed by atoms with Crippen LogP contribution in [0.15, 0.2) is 48.7 Å². The lowest BCUT2D eigenvalue weighted by molar-refractivity contribution is 0.0974. The van der Waals surface area contributed by atoms with E-state index in [1.54, 1.807) is 18.2 Å². The molecule has 0 atom stereocenters. The van der Waals surface area contributed by atoms with Gasteiger partial charge >= 0.3 is 0 Å². The number of nitrogens with zero attached hydrogens (tertiary/aromatic N) is 1. The Hall–Kier alpha value is -1.77. The average Bonchev–Trinajstić information content (AvgIpc) is 2.78. The van der Waals surface area contributed by atoms with Gasteiger partial charge in [-0.2, -0.15) is 0 Å². The number of hydrogen-bond acceptors (Lipinski definition) is 1. The number of benzene rings is 2. The third-order valence-electron chi connectivity index (χ3n) is 3.53. The molecule has 0 aliphatic carbocycles. The summed E-state index contributed by atoms with van der Waals surface area (Å²) >= 11 is 12.0. The molecule has 0 aliphatic heterocycles. The van der Waals surface area contributed by atoms with E-state index >= 15 is 0 Å². The molecule has 0 bridgehead atoms. The second-order valence-corrected chi connectivity index (χ2v) is 5.85. The Morgan fingerprint density at radius 2 is 1.90 bits per heavy atom. The Labute approximate surface area is 132 Å². The number of carbonyl (C=O) groups is 1. The molecule has 21 heavy (non-hydrogen) atoms. The van der Waals surface area contributed by atoms with E-state index in [9.17, 15) is 4.79 Å². The molecule has 106 valence electrons.